The van der Waals surface area contributed by atoms with Crippen molar-refractivity contribution in [3.63, 3.8) is 0 Å². The third-order valence-electron chi connectivity index (χ3n) is 3.08. The quantitative estimate of drug-likeness (QED) is 0.833. The zero-order valence-corrected chi connectivity index (χ0v) is 12.3. The van der Waals surface area contributed by atoms with Gasteiger partial charge in [-0.25, -0.2) is 4.98 Å². The highest BCUT2D eigenvalue weighted by atomic mass is 19.3. The summed E-state index contributed by atoms with van der Waals surface area (Å²) in [6.07, 6.45) is 2.57. The zero-order valence-electron chi connectivity index (χ0n) is 12.3. The van der Waals surface area contributed by atoms with Crippen LogP contribution in [0.4, 0.5) is 8.78 Å². The summed E-state index contributed by atoms with van der Waals surface area (Å²) in [4.78, 5) is 17.5. The molecule has 20 heavy (non-hydrogen) atoms. The second-order valence-corrected chi connectivity index (χ2v) is 5.26. The molecule has 0 aliphatic carbocycles. The number of hydrogen-bond acceptors (Lipinski definition) is 3. The highest BCUT2D eigenvalue weighted by Crippen LogP contribution is 2.14. The number of likely N-dealkylation sites (N-methyl/N-ethyl adjacent to an activating group) is 1. The van der Waals surface area contributed by atoms with Gasteiger partial charge in [-0.1, -0.05) is 13.8 Å². The first-order valence-electron chi connectivity index (χ1n) is 6.60. The normalized spacial score (nSPS) is 13.2. The lowest BCUT2D eigenvalue weighted by molar-refractivity contribution is -0.125. The van der Waals surface area contributed by atoms with Gasteiger partial charge in [0.1, 0.15) is 5.82 Å². The van der Waals surface area contributed by atoms with Crippen LogP contribution in [0.15, 0.2) is 12.4 Å². The summed E-state index contributed by atoms with van der Waals surface area (Å²) in [5.41, 5.74) is 0. The first-order valence-corrected chi connectivity index (χ1v) is 6.60. The lowest BCUT2D eigenvalue weighted by atomic mass is 10.2. The van der Waals surface area contributed by atoms with Crippen LogP contribution < -0.4 is 5.32 Å². The molecule has 0 fully saturated rings. The average molecular weight is 288 g/mol. The number of carbonyl (C=O) groups is 1. The van der Waals surface area contributed by atoms with Gasteiger partial charge < -0.3 is 5.32 Å². The van der Waals surface area contributed by atoms with Crippen molar-refractivity contribution < 1.29 is 13.6 Å². The molecule has 0 saturated carbocycles. The number of halogens is 2. The Kier molecular flexibility index (Phi) is 6.06. The molecular weight excluding hydrogens is 266 g/mol. The number of nitrogens with zero attached hydrogens (tertiary/aromatic N) is 3. The number of alkyl halides is 2. The Morgan fingerprint density at radius 1 is 1.45 bits per heavy atom. The molecule has 1 aromatic rings. The van der Waals surface area contributed by atoms with Gasteiger partial charge in [-0.05, 0) is 19.9 Å². The number of imidazole rings is 1. The van der Waals surface area contributed by atoms with E-state index in [9.17, 15) is 13.6 Å². The van der Waals surface area contributed by atoms with Crippen molar-refractivity contribution in [1.29, 1.82) is 0 Å². The summed E-state index contributed by atoms with van der Waals surface area (Å²) < 4.78 is 26.2. The molecule has 0 radical (unpaired) electrons. The van der Waals surface area contributed by atoms with E-state index in [1.54, 1.807) is 18.9 Å². The van der Waals surface area contributed by atoms with Crippen LogP contribution in [-0.4, -0.2) is 40.0 Å². The van der Waals surface area contributed by atoms with Gasteiger partial charge in [0.25, 0.3) is 0 Å². The Hall–Kier alpha value is -1.50. The van der Waals surface area contributed by atoms with Gasteiger partial charge in [0.2, 0.25) is 5.91 Å². The second-order valence-electron chi connectivity index (χ2n) is 5.26. The molecule has 0 saturated heterocycles. The molecule has 1 unspecified atom stereocenters. The predicted molar refractivity (Wildman–Crippen MR) is 72.3 cm³/mol. The van der Waals surface area contributed by atoms with Crippen LogP contribution in [0.2, 0.25) is 0 Å². The Labute approximate surface area is 118 Å². The molecule has 0 spiro atoms. The summed E-state index contributed by atoms with van der Waals surface area (Å²) in [5, 5.41) is 2.82. The summed E-state index contributed by atoms with van der Waals surface area (Å²) in [6.45, 7) is 3.93. The number of rotatable bonds is 7. The van der Waals surface area contributed by atoms with Crippen molar-refractivity contribution in [2.45, 2.75) is 39.9 Å². The fourth-order valence-corrected chi connectivity index (χ4v) is 1.66. The Balaban J connectivity index is 2.59. The minimum Gasteiger partial charge on any atom is -0.354 e. The van der Waals surface area contributed by atoms with Crippen LogP contribution in [0.1, 0.15) is 33.1 Å². The smallest absolute Gasteiger partial charge is 0.319 e. The first-order chi connectivity index (χ1) is 9.32. The minimum absolute atomic E-state index is 0.114. The van der Waals surface area contributed by atoms with Crippen LogP contribution in [0.5, 0.6) is 0 Å². The Morgan fingerprint density at radius 2 is 2.10 bits per heavy atom. The van der Waals surface area contributed by atoms with E-state index in [0.29, 0.717) is 12.5 Å². The van der Waals surface area contributed by atoms with Crippen molar-refractivity contribution in [2.75, 3.05) is 13.6 Å². The van der Waals surface area contributed by atoms with Gasteiger partial charge in [-0.3, -0.25) is 14.3 Å². The van der Waals surface area contributed by atoms with E-state index in [-0.39, 0.29) is 18.3 Å². The van der Waals surface area contributed by atoms with E-state index in [1.165, 1.54) is 12.4 Å². The summed E-state index contributed by atoms with van der Waals surface area (Å²) in [6, 6.07) is -0.406. The molecule has 1 amide bonds. The van der Waals surface area contributed by atoms with Gasteiger partial charge in [0.05, 0.1) is 12.6 Å². The highest BCUT2D eigenvalue weighted by Gasteiger charge is 2.20. The third kappa shape index (κ3) is 4.56. The van der Waals surface area contributed by atoms with E-state index in [2.05, 4.69) is 10.3 Å². The van der Waals surface area contributed by atoms with E-state index >= 15 is 0 Å². The maximum Gasteiger partial charge on any atom is 0.319 e. The number of aromatic nitrogens is 2. The first kappa shape index (κ1) is 16.6. The Bertz CT molecular complexity index is 434. The molecule has 0 aromatic carbocycles. The predicted octanol–water partition coefficient (Wildman–Crippen LogP) is 1.87. The number of hydrogen-bond donors (Lipinski definition) is 1. The SMILES string of the molecule is CC(C)CNC(=O)C(C)N(C)Cc1nccn1C(F)F. The van der Waals surface area contributed by atoms with Crippen LogP contribution in [0, 0.1) is 5.92 Å². The maximum atomic E-state index is 12.7. The largest absolute Gasteiger partial charge is 0.354 e. The lowest BCUT2D eigenvalue weighted by Crippen LogP contribution is -2.44. The average Bonchev–Trinajstić information content (AvgIpc) is 2.83. The van der Waals surface area contributed by atoms with Crippen LogP contribution in [-0.2, 0) is 11.3 Å². The molecule has 114 valence electrons. The topological polar surface area (TPSA) is 50.2 Å². The fourth-order valence-electron chi connectivity index (χ4n) is 1.66. The summed E-state index contributed by atoms with van der Waals surface area (Å²) >= 11 is 0. The highest BCUT2D eigenvalue weighted by molar-refractivity contribution is 5.81. The van der Waals surface area contributed by atoms with Crippen molar-refractivity contribution in [1.82, 2.24) is 19.8 Å². The molecule has 1 N–H and O–H groups in total. The van der Waals surface area contributed by atoms with Crippen LogP contribution in [0.25, 0.3) is 0 Å². The number of nitrogens with one attached hydrogen (secondary N) is 1. The molecule has 0 aliphatic rings. The van der Waals surface area contributed by atoms with Crippen molar-refractivity contribution in [3.8, 4) is 0 Å². The molecular formula is C13H22F2N4O. The zero-order chi connectivity index (χ0) is 15.3. The standard InChI is InChI=1S/C13H22F2N4O/c1-9(2)7-17-12(20)10(3)18(4)8-11-16-5-6-19(11)13(14)15/h5-6,9-10,13H,7-8H2,1-4H3,(H,17,20). The van der Waals surface area contributed by atoms with E-state index in [1.807, 2.05) is 13.8 Å². The minimum atomic E-state index is -2.62. The van der Waals surface area contributed by atoms with Crippen molar-refractivity contribution in [3.05, 3.63) is 18.2 Å². The second kappa shape index (κ2) is 7.33. The molecule has 1 atom stereocenters. The number of carbonyl (C=O) groups excluding carboxylic acids is 1. The summed E-state index contributed by atoms with van der Waals surface area (Å²) in [5.74, 6) is 0.497. The van der Waals surface area contributed by atoms with Gasteiger partial charge in [-0.15, -0.1) is 0 Å². The number of amides is 1. The van der Waals surface area contributed by atoms with Crippen molar-refractivity contribution >= 4 is 5.91 Å². The molecule has 1 rings (SSSR count). The van der Waals surface area contributed by atoms with Gasteiger partial charge >= 0.3 is 6.55 Å². The third-order valence-corrected chi connectivity index (χ3v) is 3.08. The van der Waals surface area contributed by atoms with Gasteiger partial charge in [-0.2, -0.15) is 8.78 Å². The monoisotopic (exact) mass is 288 g/mol. The van der Waals surface area contributed by atoms with Gasteiger partial charge in [0.15, 0.2) is 0 Å². The van der Waals surface area contributed by atoms with E-state index in [0.717, 1.165) is 4.57 Å². The fraction of sp³-hybridized carbons (Fsp3) is 0.692. The molecule has 1 heterocycles. The van der Waals surface area contributed by atoms with Gasteiger partial charge in [0, 0.05) is 18.9 Å². The van der Waals surface area contributed by atoms with Crippen LogP contribution >= 0.6 is 0 Å². The molecule has 5 nitrogen and oxygen atoms in total. The molecule has 1 aromatic heterocycles. The van der Waals surface area contributed by atoms with Crippen LogP contribution in [0.3, 0.4) is 0 Å². The van der Waals surface area contributed by atoms with E-state index in [4.69, 9.17) is 0 Å². The van der Waals surface area contributed by atoms with Crippen molar-refractivity contribution in [2.24, 2.45) is 5.92 Å². The Morgan fingerprint density at radius 3 is 2.65 bits per heavy atom. The van der Waals surface area contributed by atoms with E-state index < -0.39 is 12.6 Å². The lowest BCUT2D eigenvalue weighted by Gasteiger charge is -2.24. The maximum absolute atomic E-state index is 12.7. The summed E-state index contributed by atoms with van der Waals surface area (Å²) in [7, 11) is 1.71. The molecule has 7 heteroatoms. The molecule has 0 bridgehead atoms. The molecule has 0 aliphatic heterocycles.